The van der Waals surface area contributed by atoms with E-state index in [4.69, 9.17) is 16.6 Å². The summed E-state index contributed by atoms with van der Waals surface area (Å²) in [6.07, 6.45) is 0. The van der Waals surface area contributed by atoms with E-state index < -0.39 is 0 Å². The number of para-hydroxylation sites is 1. The van der Waals surface area contributed by atoms with Gasteiger partial charge in [-0.1, -0.05) is 118 Å². The van der Waals surface area contributed by atoms with Gasteiger partial charge in [0.25, 0.3) is 5.56 Å². The van der Waals surface area contributed by atoms with Crippen LogP contribution in [0.4, 0.5) is 5.13 Å². The Hall–Kier alpha value is -4.75. The molecule has 0 aliphatic heterocycles. The molecule has 7 aromatic rings. The Labute approximate surface area is 309 Å². The lowest BCUT2D eigenvalue weighted by Gasteiger charge is -2.20. The standard InChI is InChI=1S/C37H29BrClN7O2S2/c1-24-33(35(48)46(43(24)2)28-13-7-4-8-14-28)45-34(29-15-9-10-16-30(29)38)41-42-37(45)50-23-32(47)44(21-25-11-5-3-6-12-25)36-40-31(22-49-36)26-17-19-27(39)20-18-26/h3-20,22H,21,23H2,1-2H3. The van der Waals surface area contributed by atoms with Crippen molar-refractivity contribution in [3.8, 4) is 34.0 Å². The molecule has 0 saturated carbocycles. The minimum atomic E-state index is -0.235. The summed E-state index contributed by atoms with van der Waals surface area (Å²) in [6.45, 7) is 2.23. The third-order valence-electron chi connectivity index (χ3n) is 8.17. The molecule has 0 atom stereocenters. The zero-order valence-electron chi connectivity index (χ0n) is 26.9. The molecule has 3 aromatic heterocycles. The summed E-state index contributed by atoms with van der Waals surface area (Å²) in [7, 11) is 1.85. The average Bonchev–Trinajstić information content (AvgIpc) is 3.84. The van der Waals surface area contributed by atoms with Crippen LogP contribution in [0.3, 0.4) is 0 Å². The van der Waals surface area contributed by atoms with Crippen LogP contribution in [-0.4, -0.2) is 40.8 Å². The van der Waals surface area contributed by atoms with E-state index in [9.17, 15) is 9.59 Å². The summed E-state index contributed by atoms with van der Waals surface area (Å²) in [5.74, 6) is 0.335. The Bertz CT molecular complexity index is 2350. The highest BCUT2D eigenvalue weighted by Gasteiger charge is 2.27. The number of hydrogen-bond donors (Lipinski definition) is 0. The highest BCUT2D eigenvalue weighted by Crippen LogP contribution is 2.34. The molecule has 3 heterocycles. The molecule has 0 saturated heterocycles. The summed E-state index contributed by atoms with van der Waals surface area (Å²) in [5.41, 5.74) is 5.00. The quantitative estimate of drug-likeness (QED) is 0.129. The van der Waals surface area contributed by atoms with Crippen molar-refractivity contribution in [2.45, 2.75) is 18.6 Å². The first kappa shape index (κ1) is 33.7. The Morgan fingerprint density at radius 3 is 2.32 bits per heavy atom. The minimum Gasteiger partial charge on any atom is -0.283 e. The molecule has 250 valence electrons. The van der Waals surface area contributed by atoms with Crippen LogP contribution in [0.5, 0.6) is 0 Å². The molecule has 7 rings (SSSR count). The molecule has 4 aromatic carbocycles. The number of aromatic nitrogens is 6. The van der Waals surface area contributed by atoms with Crippen LogP contribution in [0.1, 0.15) is 11.3 Å². The second kappa shape index (κ2) is 14.6. The number of benzene rings is 4. The van der Waals surface area contributed by atoms with Crippen molar-refractivity contribution in [3.63, 3.8) is 0 Å². The van der Waals surface area contributed by atoms with E-state index in [1.54, 1.807) is 14.1 Å². The van der Waals surface area contributed by atoms with Crippen LogP contribution >= 0.6 is 50.6 Å². The van der Waals surface area contributed by atoms with Crippen molar-refractivity contribution in [2.24, 2.45) is 7.05 Å². The van der Waals surface area contributed by atoms with Crippen LogP contribution in [0.2, 0.25) is 5.02 Å². The van der Waals surface area contributed by atoms with Crippen molar-refractivity contribution < 1.29 is 4.79 Å². The fourth-order valence-corrected chi connectivity index (χ4v) is 7.82. The second-order valence-electron chi connectivity index (χ2n) is 11.3. The maximum absolute atomic E-state index is 14.3. The van der Waals surface area contributed by atoms with Gasteiger partial charge in [-0.3, -0.25) is 23.7 Å². The van der Waals surface area contributed by atoms with Gasteiger partial charge in [0.15, 0.2) is 16.1 Å². The fourth-order valence-electron chi connectivity index (χ4n) is 5.57. The van der Waals surface area contributed by atoms with Crippen molar-refractivity contribution in [1.29, 1.82) is 0 Å². The molecule has 9 nitrogen and oxygen atoms in total. The summed E-state index contributed by atoms with van der Waals surface area (Å²) < 4.78 is 6.00. The van der Waals surface area contributed by atoms with Gasteiger partial charge in [-0.05, 0) is 42.8 Å². The second-order valence-corrected chi connectivity index (χ2v) is 14.4. The predicted octanol–water partition coefficient (Wildman–Crippen LogP) is 8.60. The van der Waals surface area contributed by atoms with E-state index in [1.807, 2.05) is 133 Å². The SMILES string of the molecule is Cc1c(-n2c(SCC(=O)N(Cc3ccccc3)c3nc(-c4ccc(Cl)cc4)cs3)nnc2-c2ccccc2Br)c(=O)n(-c2ccccc2)n1C. The third kappa shape index (κ3) is 6.71. The number of carbonyl (C=O) groups is 1. The van der Waals surface area contributed by atoms with Gasteiger partial charge in [-0.15, -0.1) is 21.5 Å². The predicted molar refractivity (Wildman–Crippen MR) is 205 cm³/mol. The van der Waals surface area contributed by atoms with E-state index in [-0.39, 0.29) is 17.2 Å². The van der Waals surface area contributed by atoms with Crippen LogP contribution in [-0.2, 0) is 18.4 Å². The van der Waals surface area contributed by atoms with Crippen LogP contribution < -0.4 is 10.5 Å². The number of thioether (sulfide) groups is 1. The van der Waals surface area contributed by atoms with Crippen molar-refractivity contribution in [1.82, 2.24) is 29.1 Å². The van der Waals surface area contributed by atoms with Gasteiger partial charge in [0.2, 0.25) is 5.91 Å². The molecule has 0 unspecified atom stereocenters. The lowest BCUT2D eigenvalue weighted by molar-refractivity contribution is -0.116. The van der Waals surface area contributed by atoms with Crippen molar-refractivity contribution >= 4 is 61.7 Å². The summed E-state index contributed by atoms with van der Waals surface area (Å²) >= 11 is 12.4. The highest BCUT2D eigenvalue weighted by molar-refractivity contribution is 9.10. The lowest BCUT2D eigenvalue weighted by atomic mass is 10.2. The van der Waals surface area contributed by atoms with Crippen molar-refractivity contribution in [3.05, 3.63) is 146 Å². The zero-order chi connectivity index (χ0) is 34.8. The monoisotopic (exact) mass is 781 g/mol. The molecule has 0 spiro atoms. The molecule has 13 heteroatoms. The number of amides is 1. The molecule has 0 fully saturated rings. The molecule has 0 radical (unpaired) electrons. The Balaban J connectivity index is 1.27. The maximum Gasteiger partial charge on any atom is 0.296 e. The van der Waals surface area contributed by atoms with E-state index >= 15 is 0 Å². The molecule has 0 bridgehead atoms. The van der Waals surface area contributed by atoms with E-state index in [1.165, 1.54) is 23.1 Å². The van der Waals surface area contributed by atoms with Gasteiger partial charge in [0.05, 0.1) is 29.4 Å². The van der Waals surface area contributed by atoms with Gasteiger partial charge >= 0.3 is 0 Å². The highest BCUT2D eigenvalue weighted by atomic mass is 79.9. The van der Waals surface area contributed by atoms with Gasteiger partial charge in [-0.25, -0.2) is 9.67 Å². The molecular formula is C37H29BrClN7O2S2. The van der Waals surface area contributed by atoms with Crippen molar-refractivity contribution in [2.75, 3.05) is 10.7 Å². The molecule has 0 N–H and O–H groups in total. The fraction of sp³-hybridized carbons (Fsp3) is 0.108. The number of carbonyl (C=O) groups excluding carboxylic acids is 1. The normalized spacial score (nSPS) is 11.2. The van der Waals surface area contributed by atoms with Crippen LogP contribution in [0, 0.1) is 6.92 Å². The largest absolute Gasteiger partial charge is 0.296 e. The number of thiazole rings is 1. The topological polar surface area (TPSA) is 90.8 Å². The molecule has 0 aliphatic rings. The maximum atomic E-state index is 14.3. The number of halogens is 2. The zero-order valence-corrected chi connectivity index (χ0v) is 30.9. The molecular weight excluding hydrogens is 754 g/mol. The van der Waals surface area contributed by atoms with Gasteiger partial charge in [0.1, 0.15) is 5.69 Å². The van der Waals surface area contributed by atoms with Crippen LogP contribution in [0.15, 0.2) is 129 Å². The Morgan fingerprint density at radius 1 is 0.920 bits per heavy atom. The summed E-state index contributed by atoms with van der Waals surface area (Å²) in [5, 5.41) is 12.7. The van der Waals surface area contributed by atoms with E-state index in [0.717, 1.165) is 32.5 Å². The molecule has 0 aliphatic carbocycles. The van der Waals surface area contributed by atoms with Crippen LogP contribution in [0.25, 0.3) is 34.0 Å². The Morgan fingerprint density at radius 2 is 1.60 bits per heavy atom. The average molecular weight is 783 g/mol. The van der Waals surface area contributed by atoms with Gasteiger partial charge in [0, 0.05) is 33.0 Å². The Kier molecular flexibility index (Phi) is 9.86. The van der Waals surface area contributed by atoms with E-state index in [0.29, 0.717) is 39.1 Å². The van der Waals surface area contributed by atoms with E-state index in [2.05, 4.69) is 26.1 Å². The first-order valence-electron chi connectivity index (χ1n) is 15.5. The summed E-state index contributed by atoms with van der Waals surface area (Å²) in [6, 6.07) is 34.4. The number of hydrogen-bond acceptors (Lipinski definition) is 7. The number of rotatable bonds is 10. The lowest BCUT2D eigenvalue weighted by Crippen LogP contribution is -2.32. The first-order valence-corrected chi connectivity index (χ1v) is 18.6. The van der Waals surface area contributed by atoms with Gasteiger partial charge in [-0.2, -0.15) is 0 Å². The number of nitrogens with zero attached hydrogens (tertiary/aromatic N) is 7. The summed E-state index contributed by atoms with van der Waals surface area (Å²) in [4.78, 5) is 35.0. The third-order valence-corrected chi connectivity index (χ3v) is 10.9. The van der Waals surface area contributed by atoms with Gasteiger partial charge < -0.3 is 0 Å². The molecule has 50 heavy (non-hydrogen) atoms. The smallest absolute Gasteiger partial charge is 0.283 e. The number of anilines is 1. The first-order chi connectivity index (χ1) is 24.3. The minimum absolute atomic E-state index is 0.0234. The molecule has 1 amide bonds.